The normalized spacial score (nSPS) is 17.7. The molecule has 9 heteroatoms. The highest BCUT2D eigenvalue weighted by molar-refractivity contribution is 14.0. The van der Waals surface area contributed by atoms with Gasteiger partial charge in [-0.15, -0.1) is 24.0 Å². The van der Waals surface area contributed by atoms with Crippen LogP contribution >= 0.6 is 24.0 Å². The summed E-state index contributed by atoms with van der Waals surface area (Å²) in [5.41, 5.74) is 1.05. The van der Waals surface area contributed by atoms with Gasteiger partial charge in [0.25, 0.3) is 0 Å². The molecule has 160 valence electrons. The molecule has 1 aliphatic rings. The number of benzene rings is 1. The minimum atomic E-state index is -0.494. The topological polar surface area (TPSA) is 65.7 Å². The second kappa shape index (κ2) is 11.4. The SMILES string of the molecule is CCc1cc(CNC(=NC)NC2CCCN(Cc3c(F)cccc3F)C2)on1.I. The molecule has 0 amide bonds. The first-order valence-electron chi connectivity index (χ1n) is 9.66. The number of nitrogens with zero attached hydrogens (tertiary/aromatic N) is 3. The molecule has 3 rings (SSSR count). The minimum absolute atomic E-state index is 0. The fraction of sp³-hybridized carbons (Fsp3) is 0.500. The maximum absolute atomic E-state index is 13.9. The highest BCUT2D eigenvalue weighted by Crippen LogP contribution is 2.18. The minimum Gasteiger partial charge on any atom is -0.359 e. The van der Waals surface area contributed by atoms with E-state index in [9.17, 15) is 8.78 Å². The third-order valence-corrected chi connectivity index (χ3v) is 4.91. The van der Waals surface area contributed by atoms with E-state index in [1.807, 2.05) is 13.0 Å². The highest BCUT2D eigenvalue weighted by atomic mass is 127. The summed E-state index contributed by atoms with van der Waals surface area (Å²) < 4.78 is 33.1. The number of aromatic nitrogens is 1. The van der Waals surface area contributed by atoms with Crippen LogP contribution in [0.3, 0.4) is 0 Å². The first-order valence-corrected chi connectivity index (χ1v) is 9.66. The molecule has 29 heavy (non-hydrogen) atoms. The average molecular weight is 519 g/mol. The number of piperidine rings is 1. The van der Waals surface area contributed by atoms with Crippen LogP contribution < -0.4 is 10.6 Å². The zero-order chi connectivity index (χ0) is 19.9. The van der Waals surface area contributed by atoms with Gasteiger partial charge in [0.05, 0.1) is 12.2 Å². The van der Waals surface area contributed by atoms with Crippen LogP contribution in [0.4, 0.5) is 8.78 Å². The van der Waals surface area contributed by atoms with Gasteiger partial charge in [-0.1, -0.05) is 18.1 Å². The summed E-state index contributed by atoms with van der Waals surface area (Å²) in [5.74, 6) is 0.426. The van der Waals surface area contributed by atoms with E-state index in [1.54, 1.807) is 7.05 Å². The van der Waals surface area contributed by atoms with E-state index >= 15 is 0 Å². The second-order valence-electron chi connectivity index (χ2n) is 6.98. The van der Waals surface area contributed by atoms with E-state index in [0.717, 1.165) is 37.3 Å². The van der Waals surface area contributed by atoms with Gasteiger partial charge in [0.15, 0.2) is 11.7 Å². The highest BCUT2D eigenvalue weighted by Gasteiger charge is 2.22. The summed E-state index contributed by atoms with van der Waals surface area (Å²) in [6.45, 7) is 4.29. The Kier molecular flexibility index (Phi) is 9.28. The Morgan fingerprint density at radius 2 is 2.10 bits per heavy atom. The summed E-state index contributed by atoms with van der Waals surface area (Å²) in [5, 5.41) is 10.6. The Morgan fingerprint density at radius 1 is 1.34 bits per heavy atom. The van der Waals surface area contributed by atoms with Gasteiger partial charge < -0.3 is 15.2 Å². The van der Waals surface area contributed by atoms with E-state index < -0.39 is 11.6 Å². The third kappa shape index (κ3) is 6.63. The molecule has 1 saturated heterocycles. The maximum Gasteiger partial charge on any atom is 0.191 e. The van der Waals surface area contributed by atoms with E-state index in [4.69, 9.17) is 4.52 Å². The number of guanidine groups is 1. The van der Waals surface area contributed by atoms with Crippen molar-refractivity contribution in [3.8, 4) is 0 Å². The van der Waals surface area contributed by atoms with Crippen molar-refractivity contribution in [2.24, 2.45) is 4.99 Å². The monoisotopic (exact) mass is 519 g/mol. The Morgan fingerprint density at radius 3 is 2.76 bits per heavy atom. The lowest BCUT2D eigenvalue weighted by atomic mass is 10.0. The van der Waals surface area contributed by atoms with Crippen molar-refractivity contribution in [3.63, 3.8) is 0 Å². The average Bonchev–Trinajstić information content (AvgIpc) is 3.16. The number of rotatable bonds is 6. The smallest absolute Gasteiger partial charge is 0.191 e. The van der Waals surface area contributed by atoms with Crippen molar-refractivity contribution < 1.29 is 13.3 Å². The number of hydrogen-bond donors (Lipinski definition) is 2. The van der Waals surface area contributed by atoms with Crippen LogP contribution in [-0.4, -0.2) is 42.2 Å². The number of aliphatic imine (C=N–C) groups is 1. The van der Waals surface area contributed by atoms with Crippen LogP contribution in [-0.2, 0) is 19.5 Å². The molecule has 1 atom stereocenters. The molecule has 1 unspecified atom stereocenters. The van der Waals surface area contributed by atoms with Crippen molar-refractivity contribution in [2.75, 3.05) is 20.1 Å². The van der Waals surface area contributed by atoms with E-state index in [0.29, 0.717) is 19.0 Å². The molecular formula is C20H28F2IN5O. The van der Waals surface area contributed by atoms with E-state index in [1.165, 1.54) is 18.2 Å². The summed E-state index contributed by atoms with van der Waals surface area (Å²) in [6, 6.07) is 6.07. The van der Waals surface area contributed by atoms with Gasteiger partial charge in [0.2, 0.25) is 0 Å². The summed E-state index contributed by atoms with van der Waals surface area (Å²) in [6.07, 6.45) is 2.75. The van der Waals surface area contributed by atoms with Gasteiger partial charge in [0, 0.05) is 37.8 Å². The first-order chi connectivity index (χ1) is 13.6. The fourth-order valence-corrected chi connectivity index (χ4v) is 3.39. The fourth-order valence-electron chi connectivity index (χ4n) is 3.39. The standard InChI is InChI=1S/C20H27F2N5O.HI/c1-3-14-10-16(28-26-14)11-24-20(23-2)25-15-6-5-9-27(12-15)13-17-18(21)7-4-8-19(17)22;/h4,7-8,10,15H,3,5-6,9,11-13H2,1-2H3,(H2,23,24,25);1H. The van der Waals surface area contributed by atoms with Crippen LogP contribution in [0.1, 0.15) is 36.8 Å². The van der Waals surface area contributed by atoms with Gasteiger partial charge >= 0.3 is 0 Å². The molecule has 1 aromatic carbocycles. The molecule has 2 heterocycles. The van der Waals surface area contributed by atoms with Crippen LogP contribution in [0, 0.1) is 11.6 Å². The quantitative estimate of drug-likeness (QED) is 0.348. The second-order valence-corrected chi connectivity index (χ2v) is 6.98. The summed E-state index contributed by atoms with van der Waals surface area (Å²) in [7, 11) is 1.71. The lowest BCUT2D eigenvalue weighted by Crippen LogP contribution is -2.50. The lowest BCUT2D eigenvalue weighted by molar-refractivity contribution is 0.188. The number of aryl methyl sites for hydroxylation is 1. The van der Waals surface area contributed by atoms with Crippen molar-refractivity contribution in [3.05, 3.63) is 52.9 Å². The molecule has 0 aliphatic carbocycles. The maximum atomic E-state index is 13.9. The van der Waals surface area contributed by atoms with Crippen LogP contribution in [0.2, 0.25) is 0 Å². The van der Waals surface area contributed by atoms with Crippen LogP contribution in [0.5, 0.6) is 0 Å². The zero-order valence-electron chi connectivity index (χ0n) is 16.8. The van der Waals surface area contributed by atoms with E-state index in [2.05, 4.69) is 25.7 Å². The number of halogens is 3. The summed E-state index contributed by atoms with van der Waals surface area (Å²) in [4.78, 5) is 6.32. The number of hydrogen-bond acceptors (Lipinski definition) is 4. The third-order valence-electron chi connectivity index (χ3n) is 4.91. The molecule has 0 bridgehead atoms. The molecule has 2 aromatic rings. The van der Waals surface area contributed by atoms with Crippen LogP contribution in [0.25, 0.3) is 0 Å². The molecule has 1 aliphatic heterocycles. The Balaban J connectivity index is 0.00000300. The molecule has 0 spiro atoms. The van der Waals surface area contributed by atoms with E-state index in [-0.39, 0.29) is 42.1 Å². The van der Waals surface area contributed by atoms with Crippen molar-refractivity contribution in [1.29, 1.82) is 0 Å². The van der Waals surface area contributed by atoms with Crippen molar-refractivity contribution >= 4 is 29.9 Å². The zero-order valence-corrected chi connectivity index (χ0v) is 19.1. The molecule has 1 aromatic heterocycles. The predicted molar refractivity (Wildman–Crippen MR) is 119 cm³/mol. The molecular weight excluding hydrogens is 491 g/mol. The lowest BCUT2D eigenvalue weighted by Gasteiger charge is -2.34. The Labute approximate surface area is 187 Å². The van der Waals surface area contributed by atoms with Gasteiger partial charge in [-0.05, 0) is 37.9 Å². The molecule has 6 nitrogen and oxygen atoms in total. The van der Waals surface area contributed by atoms with Crippen LogP contribution in [0.15, 0.2) is 33.8 Å². The number of likely N-dealkylation sites (tertiary alicyclic amines) is 1. The van der Waals surface area contributed by atoms with Crippen molar-refractivity contribution in [2.45, 2.75) is 45.3 Å². The first kappa shape index (κ1) is 23.5. The number of nitrogens with one attached hydrogen (secondary N) is 2. The van der Waals surface area contributed by atoms with Crippen molar-refractivity contribution in [1.82, 2.24) is 20.7 Å². The van der Waals surface area contributed by atoms with Gasteiger partial charge in [0.1, 0.15) is 11.6 Å². The predicted octanol–water partition coefficient (Wildman–Crippen LogP) is 3.46. The van der Waals surface area contributed by atoms with Gasteiger partial charge in [-0.25, -0.2) is 8.78 Å². The molecule has 0 saturated carbocycles. The largest absolute Gasteiger partial charge is 0.359 e. The summed E-state index contributed by atoms with van der Waals surface area (Å²) >= 11 is 0. The molecule has 0 radical (unpaired) electrons. The van der Waals surface area contributed by atoms with Gasteiger partial charge in [-0.2, -0.15) is 0 Å². The molecule has 1 fully saturated rings. The Hall–Kier alpha value is -1.75. The van der Waals surface area contributed by atoms with Gasteiger partial charge in [-0.3, -0.25) is 9.89 Å². The Bertz CT molecular complexity index is 794. The molecule has 2 N–H and O–H groups in total.